The smallest absolute Gasteiger partial charge is 0.320 e. The van der Waals surface area contributed by atoms with Crippen LogP contribution in [0.4, 0.5) is 0 Å². The van der Waals surface area contributed by atoms with Crippen molar-refractivity contribution in [3.8, 4) is 0 Å². The van der Waals surface area contributed by atoms with Crippen LogP contribution >= 0.6 is 15.2 Å². The Morgan fingerprint density at radius 3 is 1.28 bits per heavy atom. The van der Waals surface area contributed by atoms with Gasteiger partial charge in [0.15, 0.2) is 0 Å². The van der Waals surface area contributed by atoms with Gasteiger partial charge in [-0.05, 0) is 37.4 Å². The molecule has 9 heteroatoms. The van der Waals surface area contributed by atoms with Gasteiger partial charge in [0.05, 0.1) is 10.6 Å². The molecule has 0 bridgehead atoms. The topological polar surface area (TPSA) is 71.1 Å². The Morgan fingerprint density at radius 2 is 1.00 bits per heavy atom. The van der Waals surface area contributed by atoms with Crippen molar-refractivity contribution in [3.05, 3.63) is 60.7 Å². The first-order valence-electron chi connectivity index (χ1n) is 7.59. The van der Waals surface area contributed by atoms with E-state index in [0.29, 0.717) is 10.6 Å². The minimum absolute atomic E-state index is 0.411. The summed E-state index contributed by atoms with van der Waals surface area (Å²) in [5.74, 6) is 0. The van der Waals surface area contributed by atoms with Crippen molar-refractivity contribution in [3.63, 3.8) is 0 Å². The van der Waals surface area contributed by atoms with E-state index in [-0.39, 0.29) is 0 Å². The highest BCUT2D eigenvalue weighted by Gasteiger charge is 2.43. The lowest BCUT2D eigenvalue weighted by Gasteiger charge is -2.30. The highest BCUT2D eigenvalue weighted by Crippen LogP contribution is 2.54. The van der Waals surface area contributed by atoms with Gasteiger partial charge in [0.2, 0.25) is 0 Å². The normalized spacial score (nSPS) is 16.8. The summed E-state index contributed by atoms with van der Waals surface area (Å²) in [4.78, 5) is 0. The summed E-state index contributed by atoms with van der Waals surface area (Å²) in [6.45, 7) is 3.30. The summed E-state index contributed by atoms with van der Waals surface area (Å²) in [5.41, 5.74) is 0. The van der Waals surface area contributed by atoms with Crippen molar-refractivity contribution < 1.29 is 26.6 Å². The van der Waals surface area contributed by atoms with Gasteiger partial charge in [-0.3, -0.25) is 9.13 Å². The van der Waals surface area contributed by atoms with Gasteiger partial charge >= 0.3 is 23.8 Å². The second kappa shape index (κ2) is 8.10. The van der Waals surface area contributed by atoms with E-state index in [4.69, 9.17) is 17.5 Å². The number of hydrogen-bond acceptors (Lipinski definition) is 6. The molecule has 0 N–H and O–H groups in total. The van der Waals surface area contributed by atoms with Crippen LogP contribution in [0.15, 0.2) is 60.7 Å². The number of hydrogen-bond donors (Lipinski definition) is 0. The maximum atomic E-state index is 13.1. The molecule has 0 heterocycles. The quantitative estimate of drug-likeness (QED) is 0.492. The van der Waals surface area contributed by atoms with Crippen molar-refractivity contribution in [2.45, 2.75) is 13.1 Å². The number of rotatable bonds is 8. The average molecular weight is 400 g/mol. The molecule has 0 aromatic heterocycles. The molecule has 25 heavy (non-hydrogen) atoms. The summed E-state index contributed by atoms with van der Waals surface area (Å²) >= 11 is 0. The molecule has 0 fully saturated rings. The molecule has 0 aliphatic rings. The molecular weight excluding hydrogens is 378 g/mol. The van der Waals surface area contributed by atoms with Crippen LogP contribution in [0.1, 0.15) is 0 Å². The molecule has 0 aliphatic carbocycles. The molecule has 6 nitrogen and oxygen atoms in total. The Morgan fingerprint density at radius 1 is 0.680 bits per heavy atom. The van der Waals surface area contributed by atoms with Gasteiger partial charge in [0, 0.05) is 14.2 Å². The summed E-state index contributed by atoms with van der Waals surface area (Å²) in [6.07, 6.45) is 0. The largest absolute Gasteiger partial charge is 0.353 e. The SMILES string of the molecule is COP(=O)(O[Si](C)(C)OP(=O)(OC)c1ccccc1)c1ccccc1. The van der Waals surface area contributed by atoms with Gasteiger partial charge < -0.3 is 17.5 Å². The second-order valence-corrected chi connectivity index (χ2v) is 13.6. The van der Waals surface area contributed by atoms with Gasteiger partial charge in [-0.25, -0.2) is 0 Å². The van der Waals surface area contributed by atoms with Crippen molar-refractivity contribution >= 4 is 34.4 Å². The molecule has 0 amide bonds. The van der Waals surface area contributed by atoms with Gasteiger partial charge in [0.1, 0.15) is 0 Å². The summed E-state index contributed by atoms with van der Waals surface area (Å²) in [5, 5.41) is 0.822. The standard InChI is InChI=1S/C16H22O6P2Si/c1-19-23(17,15-11-7-5-8-12-15)21-25(3,4)22-24(18,20-2)16-13-9-6-10-14-16/h5-14H,1-4H3. The Bertz CT molecular complexity index is 716. The molecule has 2 aromatic carbocycles. The van der Waals surface area contributed by atoms with Gasteiger partial charge in [0.25, 0.3) is 0 Å². The molecule has 2 unspecified atom stereocenters. The maximum absolute atomic E-state index is 13.1. The van der Waals surface area contributed by atoms with Crippen LogP contribution in [-0.2, 0) is 26.6 Å². The van der Waals surface area contributed by atoms with Crippen LogP contribution < -0.4 is 10.6 Å². The lowest BCUT2D eigenvalue weighted by molar-refractivity contribution is 0.280. The third kappa shape index (κ3) is 4.99. The fourth-order valence-corrected chi connectivity index (χ4v) is 10.2. The monoisotopic (exact) mass is 400 g/mol. The molecule has 2 rings (SSSR count). The Labute approximate surface area is 149 Å². The third-order valence-corrected chi connectivity index (χ3v) is 11.6. The average Bonchev–Trinajstić information content (AvgIpc) is 2.62. The Hall–Kier alpha value is -1.04. The zero-order valence-corrected chi connectivity index (χ0v) is 17.4. The van der Waals surface area contributed by atoms with Gasteiger partial charge in [-0.1, -0.05) is 36.4 Å². The van der Waals surface area contributed by atoms with Crippen LogP contribution in [0.5, 0.6) is 0 Å². The van der Waals surface area contributed by atoms with E-state index >= 15 is 0 Å². The van der Waals surface area contributed by atoms with Crippen LogP contribution in [0.25, 0.3) is 0 Å². The maximum Gasteiger partial charge on any atom is 0.353 e. The summed E-state index contributed by atoms with van der Waals surface area (Å²) in [7, 11) is -7.74. The van der Waals surface area contributed by atoms with E-state index < -0.39 is 23.8 Å². The van der Waals surface area contributed by atoms with Crippen molar-refractivity contribution in [2.75, 3.05) is 14.2 Å². The molecule has 2 aromatic rings. The fourth-order valence-electron chi connectivity index (χ4n) is 2.21. The molecule has 136 valence electrons. The molecular formula is C16H22O6P2Si. The highest BCUT2D eigenvalue weighted by atomic mass is 31.2. The first-order valence-corrected chi connectivity index (χ1v) is 13.5. The Balaban J connectivity index is 2.28. The van der Waals surface area contributed by atoms with E-state index in [9.17, 15) is 9.13 Å². The first-order chi connectivity index (χ1) is 11.7. The molecule has 0 saturated heterocycles. The van der Waals surface area contributed by atoms with Gasteiger partial charge in [-0.15, -0.1) is 0 Å². The summed E-state index contributed by atoms with van der Waals surface area (Å²) in [6, 6.07) is 17.2. The second-order valence-electron chi connectivity index (χ2n) is 5.61. The number of benzene rings is 2. The molecule has 2 atom stereocenters. The van der Waals surface area contributed by atoms with E-state index in [1.165, 1.54) is 14.2 Å². The first kappa shape index (κ1) is 20.3. The Kier molecular flexibility index (Phi) is 6.57. The predicted molar refractivity (Wildman–Crippen MR) is 101 cm³/mol. The van der Waals surface area contributed by atoms with Gasteiger partial charge in [-0.2, -0.15) is 0 Å². The lowest BCUT2D eigenvalue weighted by atomic mass is 10.4. The fraction of sp³-hybridized carbons (Fsp3) is 0.250. The van der Waals surface area contributed by atoms with Crippen molar-refractivity contribution in [1.29, 1.82) is 0 Å². The van der Waals surface area contributed by atoms with Crippen LogP contribution in [0.2, 0.25) is 13.1 Å². The van der Waals surface area contributed by atoms with Crippen LogP contribution in [0, 0.1) is 0 Å². The van der Waals surface area contributed by atoms with E-state index in [1.807, 2.05) is 0 Å². The van der Waals surface area contributed by atoms with E-state index in [2.05, 4.69) is 0 Å². The van der Waals surface area contributed by atoms with E-state index in [0.717, 1.165) is 0 Å². The van der Waals surface area contributed by atoms with E-state index in [1.54, 1.807) is 73.8 Å². The minimum atomic E-state index is -3.60. The minimum Gasteiger partial charge on any atom is -0.320 e. The van der Waals surface area contributed by atoms with Crippen molar-refractivity contribution in [2.24, 2.45) is 0 Å². The molecule has 0 spiro atoms. The predicted octanol–water partition coefficient (Wildman–Crippen LogP) is 4.05. The highest BCUT2D eigenvalue weighted by molar-refractivity contribution is 7.65. The third-order valence-electron chi connectivity index (χ3n) is 3.31. The zero-order chi connectivity index (χ0) is 18.6. The van der Waals surface area contributed by atoms with Crippen molar-refractivity contribution in [1.82, 2.24) is 0 Å². The lowest BCUT2D eigenvalue weighted by Crippen LogP contribution is -2.36. The molecule has 0 saturated carbocycles. The van der Waals surface area contributed by atoms with Crippen LogP contribution in [0.3, 0.4) is 0 Å². The zero-order valence-electron chi connectivity index (χ0n) is 14.6. The van der Waals surface area contributed by atoms with Crippen LogP contribution in [-0.4, -0.2) is 22.8 Å². The molecule has 0 radical (unpaired) electrons. The molecule has 0 aliphatic heterocycles. The summed E-state index contributed by atoms with van der Waals surface area (Å²) < 4.78 is 48.1.